The molecule has 0 saturated carbocycles. The first-order valence-electron chi connectivity index (χ1n) is 10.2. The number of rotatable bonds is 5. The minimum absolute atomic E-state index is 0.00378. The Morgan fingerprint density at radius 3 is 2.73 bits per heavy atom. The lowest BCUT2D eigenvalue weighted by Gasteiger charge is -2.24. The number of aliphatic imine (C=N–C) groups is 1. The SMILES string of the molecule is CC(C)c1cnn2c(/N=C(\N)c3ccccc3N)c(F)c(NC3CCNCC3)nc12. The van der Waals surface area contributed by atoms with Gasteiger partial charge in [0.25, 0.3) is 0 Å². The summed E-state index contributed by atoms with van der Waals surface area (Å²) < 4.78 is 17.0. The smallest absolute Gasteiger partial charge is 0.210 e. The molecule has 3 aromatic rings. The number of amidine groups is 1. The molecule has 30 heavy (non-hydrogen) atoms. The average Bonchev–Trinajstić information content (AvgIpc) is 3.16. The largest absolute Gasteiger partial charge is 0.398 e. The summed E-state index contributed by atoms with van der Waals surface area (Å²) in [5.41, 5.74) is 14.7. The Morgan fingerprint density at radius 1 is 1.30 bits per heavy atom. The highest BCUT2D eigenvalue weighted by Crippen LogP contribution is 2.30. The van der Waals surface area contributed by atoms with Gasteiger partial charge in [0, 0.05) is 22.9 Å². The number of nitrogens with zero attached hydrogens (tertiary/aromatic N) is 4. The summed E-state index contributed by atoms with van der Waals surface area (Å²) >= 11 is 0. The molecule has 8 nitrogen and oxygen atoms in total. The molecule has 0 spiro atoms. The van der Waals surface area contributed by atoms with E-state index in [4.69, 9.17) is 11.5 Å². The van der Waals surface area contributed by atoms with Crippen LogP contribution in [-0.2, 0) is 0 Å². The molecule has 158 valence electrons. The van der Waals surface area contributed by atoms with Crippen LogP contribution in [0.15, 0.2) is 35.5 Å². The summed E-state index contributed by atoms with van der Waals surface area (Å²) in [4.78, 5) is 8.96. The highest BCUT2D eigenvalue weighted by molar-refractivity contribution is 6.03. The minimum Gasteiger partial charge on any atom is -0.398 e. The van der Waals surface area contributed by atoms with Crippen LogP contribution in [-0.4, -0.2) is 39.6 Å². The monoisotopic (exact) mass is 410 g/mol. The minimum atomic E-state index is -0.586. The quantitative estimate of drug-likeness (QED) is 0.292. The topological polar surface area (TPSA) is 119 Å². The highest BCUT2D eigenvalue weighted by Gasteiger charge is 2.23. The summed E-state index contributed by atoms with van der Waals surface area (Å²) in [6.45, 7) is 5.86. The van der Waals surface area contributed by atoms with Crippen molar-refractivity contribution in [1.29, 1.82) is 0 Å². The zero-order valence-electron chi connectivity index (χ0n) is 17.2. The Bertz CT molecular complexity index is 1080. The molecule has 1 saturated heterocycles. The van der Waals surface area contributed by atoms with Gasteiger partial charge in [0.2, 0.25) is 5.82 Å². The van der Waals surface area contributed by atoms with Crippen molar-refractivity contribution in [3.8, 4) is 0 Å². The van der Waals surface area contributed by atoms with Gasteiger partial charge in [0.15, 0.2) is 17.3 Å². The van der Waals surface area contributed by atoms with Crippen molar-refractivity contribution in [2.45, 2.75) is 38.6 Å². The van der Waals surface area contributed by atoms with Crippen molar-refractivity contribution in [2.24, 2.45) is 10.7 Å². The lowest BCUT2D eigenvalue weighted by molar-refractivity contribution is 0.475. The lowest BCUT2D eigenvalue weighted by atomic mass is 10.1. The number of benzene rings is 1. The maximum atomic E-state index is 15.5. The number of halogens is 1. The predicted molar refractivity (Wildman–Crippen MR) is 118 cm³/mol. The maximum Gasteiger partial charge on any atom is 0.210 e. The number of aromatic nitrogens is 3. The first-order valence-corrected chi connectivity index (χ1v) is 10.2. The molecule has 1 fully saturated rings. The first kappa shape index (κ1) is 20.1. The van der Waals surface area contributed by atoms with Gasteiger partial charge < -0.3 is 22.1 Å². The predicted octanol–water partition coefficient (Wildman–Crippen LogP) is 2.77. The Hall–Kier alpha value is -3.20. The van der Waals surface area contributed by atoms with Crippen molar-refractivity contribution < 1.29 is 4.39 Å². The van der Waals surface area contributed by atoms with Gasteiger partial charge in [-0.25, -0.2) is 9.98 Å². The molecule has 1 aromatic carbocycles. The van der Waals surface area contributed by atoms with Crippen LogP contribution >= 0.6 is 0 Å². The number of piperidine rings is 1. The van der Waals surface area contributed by atoms with Gasteiger partial charge in [-0.3, -0.25) is 0 Å². The molecule has 2 aromatic heterocycles. The van der Waals surface area contributed by atoms with Crippen LogP contribution in [0.25, 0.3) is 5.65 Å². The summed E-state index contributed by atoms with van der Waals surface area (Å²) in [6, 6.07) is 7.23. The number of fused-ring (bicyclic) bond motifs is 1. The number of anilines is 2. The van der Waals surface area contributed by atoms with Crippen molar-refractivity contribution in [2.75, 3.05) is 24.1 Å². The van der Waals surface area contributed by atoms with E-state index in [9.17, 15) is 0 Å². The van der Waals surface area contributed by atoms with Crippen LogP contribution < -0.4 is 22.1 Å². The molecule has 9 heteroatoms. The maximum absolute atomic E-state index is 15.5. The molecule has 0 amide bonds. The molecular formula is C21H27FN8. The van der Waals surface area contributed by atoms with Crippen LogP contribution in [0, 0.1) is 5.82 Å². The van der Waals surface area contributed by atoms with E-state index in [2.05, 4.69) is 25.7 Å². The molecule has 0 radical (unpaired) electrons. The highest BCUT2D eigenvalue weighted by atomic mass is 19.1. The zero-order valence-corrected chi connectivity index (χ0v) is 17.2. The van der Waals surface area contributed by atoms with Gasteiger partial charge in [0.1, 0.15) is 5.84 Å². The van der Waals surface area contributed by atoms with E-state index in [1.165, 1.54) is 4.52 Å². The van der Waals surface area contributed by atoms with Gasteiger partial charge >= 0.3 is 0 Å². The second-order valence-corrected chi connectivity index (χ2v) is 7.84. The molecule has 0 aliphatic carbocycles. The van der Waals surface area contributed by atoms with Gasteiger partial charge in [-0.15, -0.1) is 0 Å². The van der Waals surface area contributed by atoms with Crippen molar-refractivity contribution in [3.05, 3.63) is 47.4 Å². The number of para-hydroxylation sites is 1. The number of hydrogen-bond donors (Lipinski definition) is 4. The number of hydrogen-bond acceptors (Lipinski definition) is 6. The van der Waals surface area contributed by atoms with Crippen LogP contribution in [0.3, 0.4) is 0 Å². The normalized spacial score (nSPS) is 15.8. The molecule has 0 atom stereocenters. The number of nitrogens with two attached hydrogens (primary N) is 2. The molecule has 1 aliphatic heterocycles. The van der Waals surface area contributed by atoms with Crippen molar-refractivity contribution >= 4 is 28.8 Å². The molecule has 3 heterocycles. The third-order valence-corrected chi connectivity index (χ3v) is 5.36. The Labute approximate surface area is 174 Å². The van der Waals surface area contributed by atoms with Gasteiger partial charge in [-0.2, -0.15) is 14.0 Å². The Balaban J connectivity index is 1.85. The van der Waals surface area contributed by atoms with E-state index >= 15 is 4.39 Å². The van der Waals surface area contributed by atoms with E-state index in [1.807, 2.05) is 13.8 Å². The number of nitrogens with one attached hydrogen (secondary N) is 2. The van der Waals surface area contributed by atoms with Crippen molar-refractivity contribution in [3.63, 3.8) is 0 Å². The average molecular weight is 411 g/mol. The molecule has 4 rings (SSSR count). The summed E-state index contributed by atoms with van der Waals surface area (Å²) in [7, 11) is 0. The standard InChI is InChI=1S/C21H27FN8/c1-12(2)15-11-26-30-20(15)29-19(27-13-7-9-25-10-8-13)17(22)21(30)28-18(24)14-5-3-4-6-16(14)23/h3-6,11-13,25H,7-10,23H2,1-2H3,(H2,24,28)(H,27,29). The van der Waals surface area contributed by atoms with Gasteiger partial charge in [-0.1, -0.05) is 26.0 Å². The van der Waals surface area contributed by atoms with Crippen LogP contribution in [0.5, 0.6) is 0 Å². The zero-order chi connectivity index (χ0) is 21.3. The summed E-state index contributed by atoms with van der Waals surface area (Å²) in [5, 5.41) is 10.9. The fourth-order valence-corrected chi connectivity index (χ4v) is 3.64. The van der Waals surface area contributed by atoms with Crippen LogP contribution in [0.1, 0.15) is 43.7 Å². The van der Waals surface area contributed by atoms with E-state index < -0.39 is 5.82 Å². The third-order valence-electron chi connectivity index (χ3n) is 5.36. The van der Waals surface area contributed by atoms with Crippen LogP contribution in [0.2, 0.25) is 0 Å². The molecular weight excluding hydrogens is 383 g/mol. The van der Waals surface area contributed by atoms with Crippen molar-refractivity contribution in [1.82, 2.24) is 19.9 Å². The molecule has 0 bridgehead atoms. The van der Waals surface area contributed by atoms with Crippen LogP contribution in [0.4, 0.5) is 21.7 Å². The third kappa shape index (κ3) is 3.80. The summed E-state index contributed by atoms with van der Waals surface area (Å²) in [5.74, 6) is -0.120. The molecule has 6 N–H and O–H groups in total. The molecule has 1 aliphatic rings. The second-order valence-electron chi connectivity index (χ2n) is 7.84. The van der Waals surface area contributed by atoms with Gasteiger partial charge in [-0.05, 0) is 44.0 Å². The fraction of sp³-hybridized carbons (Fsp3) is 0.381. The Morgan fingerprint density at radius 2 is 2.03 bits per heavy atom. The molecule has 0 unspecified atom stereocenters. The second kappa shape index (κ2) is 8.27. The summed E-state index contributed by atoms with van der Waals surface area (Å²) in [6.07, 6.45) is 3.49. The van der Waals surface area contributed by atoms with E-state index in [0.717, 1.165) is 31.5 Å². The first-order chi connectivity index (χ1) is 14.5. The number of nitrogen functional groups attached to an aromatic ring is 1. The fourth-order valence-electron chi connectivity index (χ4n) is 3.64. The van der Waals surface area contributed by atoms with E-state index in [-0.39, 0.29) is 29.4 Å². The van der Waals surface area contributed by atoms with E-state index in [1.54, 1.807) is 30.5 Å². The van der Waals surface area contributed by atoms with Gasteiger partial charge in [0.05, 0.1) is 6.20 Å². The Kier molecular flexibility index (Phi) is 5.54. The van der Waals surface area contributed by atoms with E-state index in [0.29, 0.717) is 16.9 Å². The lowest BCUT2D eigenvalue weighted by Crippen LogP contribution is -2.35.